The fraction of sp³-hybridized carbons (Fsp3) is 1.00. The van der Waals surface area contributed by atoms with Crippen LogP contribution < -0.4 is 0 Å². The third-order valence-corrected chi connectivity index (χ3v) is 2.14. The topological polar surface area (TPSA) is 9.72 Å². The van der Waals surface area contributed by atoms with Crippen molar-refractivity contribution in [2.75, 3.05) is 27.8 Å². The molecule has 1 saturated heterocycles. The van der Waals surface area contributed by atoms with Gasteiger partial charge >= 0.3 is 0 Å². The molecule has 1 fully saturated rings. The molecule has 0 aromatic rings. The SMILES string of the molecule is CC1N(C)CN(C)N1C. The van der Waals surface area contributed by atoms with Gasteiger partial charge in [-0.05, 0) is 14.0 Å². The molecule has 1 aliphatic rings. The maximum Gasteiger partial charge on any atom is 0.0736 e. The van der Waals surface area contributed by atoms with E-state index in [1.165, 1.54) is 0 Å². The summed E-state index contributed by atoms with van der Waals surface area (Å²) in [6.07, 6.45) is 0.551. The van der Waals surface area contributed by atoms with Crippen molar-refractivity contribution in [2.45, 2.75) is 13.1 Å². The van der Waals surface area contributed by atoms with Crippen LogP contribution in [0.3, 0.4) is 0 Å². The lowest BCUT2D eigenvalue weighted by Gasteiger charge is -2.21. The number of hydrogen-bond donors (Lipinski definition) is 0. The molecule has 0 amide bonds. The van der Waals surface area contributed by atoms with E-state index in [0.29, 0.717) is 6.17 Å². The molecule has 1 aliphatic heterocycles. The van der Waals surface area contributed by atoms with Crippen molar-refractivity contribution in [2.24, 2.45) is 0 Å². The van der Waals surface area contributed by atoms with Gasteiger partial charge in [0.25, 0.3) is 0 Å². The molecule has 0 N–H and O–H groups in total. The number of nitrogens with zero attached hydrogens (tertiary/aromatic N) is 3. The van der Waals surface area contributed by atoms with Crippen LogP contribution >= 0.6 is 0 Å². The van der Waals surface area contributed by atoms with E-state index in [0.717, 1.165) is 6.67 Å². The van der Waals surface area contributed by atoms with Crippen molar-refractivity contribution >= 4 is 0 Å². The van der Waals surface area contributed by atoms with E-state index < -0.39 is 0 Å². The van der Waals surface area contributed by atoms with E-state index in [2.05, 4.69) is 43.0 Å². The maximum absolute atomic E-state index is 2.29. The minimum Gasteiger partial charge on any atom is -0.276 e. The second-order valence-corrected chi connectivity index (χ2v) is 2.76. The average Bonchev–Trinajstić information content (AvgIpc) is 1.98. The van der Waals surface area contributed by atoms with Gasteiger partial charge in [-0.25, -0.2) is 10.0 Å². The summed E-state index contributed by atoms with van der Waals surface area (Å²) in [5.74, 6) is 0. The van der Waals surface area contributed by atoms with Crippen LogP contribution in [0.15, 0.2) is 0 Å². The lowest BCUT2D eigenvalue weighted by Crippen LogP contribution is -2.34. The third-order valence-electron chi connectivity index (χ3n) is 2.14. The molecule has 0 bridgehead atoms. The van der Waals surface area contributed by atoms with E-state index in [-0.39, 0.29) is 0 Å². The van der Waals surface area contributed by atoms with Gasteiger partial charge in [-0.3, -0.25) is 4.90 Å². The summed E-state index contributed by atoms with van der Waals surface area (Å²) in [4.78, 5) is 2.29. The Balaban J connectivity index is 2.54. The molecular weight excluding hydrogens is 114 g/mol. The second-order valence-electron chi connectivity index (χ2n) is 2.76. The molecule has 0 saturated carbocycles. The molecule has 0 spiro atoms. The third kappa shape index (κ3) is 1.08. The molecule has 0 aromatic heterocycles. The zero-order valence-corrected chi connectivity index (χ0v) is 6.63. The van der Waals surface area contributed by atoms with E-state index in [1.54, 1.807) is 0 Å². The van der Waals surface area contributed by atoms with Gasteiger partial charge in [-0.1, -0.05) is 0 Å². The summed E-state index contributed by atoms with van der Waals surface area (Å²) in [6.45, 7) is 3.24. The maximum atomic E-state index is 2.29. The van der Waals surface area contributed by atoms with E-state index in [4.69, 9.17) is 0 Å². The molecule has 3 nitrogen and oxygen atoms in total. The Bertz CT molecular complexity index is 92.5. The highest BCUT2D eigenvalue weighted by atomic mass is 15.7. The van der Waals surface area contributed by atoms with Gasteiger partial charge in [0.15, 0.2) is 0 Å². The highest BCUT2D eigenvalue weighted by Gasteiger charge is 2.25. The first-order chi connectivity index (χ1) is 4.13. The Morgan fingerprint density at radius 2 is 1.78 bits per heavy atom. The lowest BCUT2D eigenvalue weighted by molar-refractivity contribution is 0.0551. The van der Waals surface area contributed by atoms with Gasteiger partial charge in [-0.15, -0.1) is 0 Å². The predicted molar refractivity (Wildman–Crippen MR) is 37.6 cm³/mol. The standard InChI is InChI=1S/C6H15N3/c1-6-7(2)5-8(3)9(6)4/h6H,5H2,1-4H3. The monoisotopic (exact) mass is 129 g/mol. The molecule has 0 radical (unpaired) electrons. The number of rotatable bonds is 0. The van der Waals surface area contributed by atoms with Crippen LogP contribution in [0.25, 0.3) is 0 Å². The van der Waals surface area contributed by atoms with Crippen molar-refractivity contribution in [1.82, 2.24) is 14.9 Å². The fourth-order valence-electron chi connectivity index (χ4n) is 1.11. The lowest BCUT2D eigenvalue weighted by atomic mass is 10.5. The van der Waals surface area contributed by atoms with Gasteiger partial charge in [0.05, 0.1) is 12.8 Å². The van der Waals surface area contributed by atoms with Crippen LogP contribution in [-0.4, -0.2) is 48.9 Å². The molecule has 1 rings (SSSR count). The highest BCUT2D eigenvalue weighted by Crippen LogP contribution is 2.11. The first-order valence-electron chi connectivity index (χ1n) is 3.27. The van der Waals surface area contributed by atoms with Crippen LogP contribution in [0.1, 0.15) is 6.92 Å². The molecular formula is C6H15N3. The Morgan fingerprint density at radius 1 is 1.22 bits per heavy atom. The van der Waals surface area contributed by atoms with Gasteiger partial charge in [0, 0.05) is 14.1 Å². The van der Waals surface area contributed by atoms with Crippen LogP contribution in [0.5, 0.6) is 0 Å². The largest absolute Gasteiger partial charge is 0.276 e. The van der Waals surface area contributed by atoms with E-state index in [1.807, 2.05) is 0 Å². The van der Waals surface area contributed by atoms with Gasteiger partial charge in [0.1, 0.15) is 0 Å². The molecule has 1 atom stereocenters. The average molecular weight is 129 g/mol. The Kier molecular flexibility index (Phi) is 1.75. The van der Waals surface area contributed by atoms with Gasteiger partial charge < -0.3 is 0 Å². The molecule has 3 heteroatoms. The smallest absolute Gasteiger partial charge is 0.0736 e. The van der Waals surface area contributed by atoms with Crippen LogP contribution in [0.2, 0.25) is 0 Å². The number of hydrogen-bond acceptors (Lipinski definition) is 3. The molecule has 54 valence electrons. The predicted octanol–water partition coefficient (Wildman–Crippen LogP) is 0.0139. The molecule has 0 aromatic carbocycles. The summed E-state index contributed by atoms with van der Waals surface area (Å²) >= 11 is 0. The Morgan fingerprint density at radius 3 is 1.89 bits per heavy atom. The Hall–Kier alpha value is -0.120. The first-order valence-corrected chi connectivity index (χ1v) is 3.27. The quantitative estimate of drug-likeness (QED) is 0.456. The molecule has 0 aliphatic carbocycles. The summed E-state index contributed by atoms with van der Waals surface area (Å²) in [5, 5.41) is 4.42. The van der Waals surface area contributed by atoms with Crippen molar-refractivity contribution < 1.29 is 0 Å². The second kappa shape index (κ2) is 2.25. The van der Waals surface area contributed by atoms with Gasteiger partial charge in [0.2, 0.25) is 0 Å². The van der Waals surface area contributed by atoms with Crippen molar-refractivity contribution in [1.29, 1.82) is 0 Å². The molecule has 1 unspecified atom stereocenters. The summed E-state index contributed by atoms with van der Waals surface area (Å²) in [6, 6.07) is 0. The van der Waals surface area contributed by atoms with E-state index in [9.17, 15) is 0 Å². The minimum absolute atomic E-state index is 0.551. The van der Waals surface area contributed by atoms with Gasteiger partial charge in [-0.2, -0.15) is 0 Å². The van der Waals surface area contributed by atoms with Crippen LogP contribution in [0.4, 0.5) is 0 Å². The molecule has 9 heavy (non-hydrogen) atoms. The van der Waals surface area contributed by atoms with Crippen molar-refractivity contribution in [3.63, 3.8) is 0 Å². The van der Waals surface area contributed by atoms with Crippen molar-refractivity contribution in [3.8, 4) is 0 Å². The summed E-state index contributed by atoms with van der Waals surface area (Å²) < 4.78 is 0. The molecule has 1 heterocycles. The van der Waals surface area contributed by atoms with Crippen LogP contribution in [-0.2, 0) is 0 Å². The van der Waals surface area contributed by atoms with Crippen LogP contribution in [0, 0.1) is 0 Å². The minimum atomic E-state index is 0.551. The Labute approximate surface area is 56.8 Å². The number of hydrazine groups is 1. The highest BCUT2D eigenvalue weighted by molar-refractivity contribution is 4.66. The zero-order valence-electron chi connectivity index (χ0n) is 6.63. The zero-order chi connectivity index (χ0) is 7.02. The summed E-state index contributed by atoms with van der Waals surface area (Å²) in [5.41, 5.74) is 0. The summed E-state index contributed by atoms with van der Waals surface area (Å²) in [7, 11) is 6.33. The fourth-order valence-corrected chi connectivity index (χ4v) is 1.11. The normalized spacial score (nSPS) is 34.0. The van der Waals surface area contributed by atoms with Crippen molar-refractivity contribution in [3.05, 3.63) is 0 Å². The first kappa shape index (κ1) is 6.99. The van der Waals surface area contributed by atoms with E-state index >= 15 is 0 Å².